The smallest absolute Gasteiger partial charge is 0.369 e. The van der Waals surface area contributed by atoms with Crippen LogP contribution >= 0.6 is 0 Å². The van der Waals surface area contributed by atoms with E-state index in [4.69, 9.17) is 5.26 Å². The predicted octanol–water partition coefficient (Wildman–Crippen LogP) is 3.25. The molecule has 0 saturated carbocycles. The van der Waals surface area contributed by atoms with E-state index in [1.807, 2.05) is 0 Å². The maximum atomic E-state index is 12.8. The fourth-order valence-corrected chi connectivity index (χ4v) is 2.77. The summed E-state index contributed by atoms with van der Waals surface area (Å²) in [4.78, 5) is 24.6. The van der Waals surface area contributed by atoms with Gasteiger partial charge in [-0.15, -0.1) is 0 Å². The Hall–Kier alpha value is -3.14. The lowest BCUT2D eigenvalue weighted by Gasteiger charge is -2.25. The highest BCUT2D eigenvalue weighted by Gasteiger charge is 2.40. The molecule has 1 aliphatic carbocycles. The predicted molar refractivity (Wildman–Crippen MR) is 82.6 cm³/mol. The zero-order valence-electron chi connectivity index (χ0n) is 12.7. The van der Waals surface area contributed by atoms with Gasteiger partial charge in [-0.3, -0.25) is 9.59 Å². The van der Waals surface area contributed by atoms with Crippen molar-refractivity contribution < 1.29 is 22.8 Å². The van der Waals surface area contributed by atoms with Crippen LogP contribution in [0.2, 0.25) is 0 Å². The average Bonchev–Trinajstić information content (AvgIpc) is 2.58. The van der Waals surface area contributed by atoms with Crippen LogP contribution in [0.3, 0.4) is 0 Å². The number of hydrogen-bond donors (Lipinski definition) is 1. The lowest BCUT2D eigenvalue weighted by Crippen LogP contribution is -2.37. The summed E-state index contributed by atoms with van der Waals surface area (Å²) < 4.78 is 38.5. The Labute approximate surface area is 140 Å². The maximum Gasteiger partial charge on any atom is 0.415 e. The van der Waals surface area contributed by atoms with Crippen molar-refractivity contribution in [3.8, 4) is 6.07 Å². The van der Waals surface area contributed by atoms with Crippen molar-refractivity contribution in [2.24, 2.45) is 0 Å². The fourth-order valence-electron chi connectivity index (χ4n) is 2.77. The quantitative estimate of drug-likeness (QED) is 0.894. The summed E-state index contributed by atoms with van der Waals surface area (Å²) in [6, 6.07) is 6.36. The maximum absolute atomic E-state index is 12.8. The standard InChI is InChI=1S/C18H11F3N2O2/c19-18(20,21)14-6-5-11(23-15(14)9-22)7-10-8-16(24)12-3-1-2-4-13(12)17(10)25/h1-6,8,15,23H,7H2. The Balaban J connectivity index is 1.88. The van der Waals surface area contributed by atoms with E-state index in [1.165, 1.54) is 18.2 Å². The number of carbonyl (C=O) groups is 2. The Morgan fingerprint density at radius 2 is 1.80 bits per heavy atom. The van der Waals surface area contributed by atoms with Crippen LogP contribution in [-0.2, 0) is 0 Å². The number of fused-ring (bicyclic) bond motifs is 1. The number of ketones is 2. The van der Waals surface area contributed by atoms with Crippen LogP contribution in [-0.4, -0.2) is 23.8 Å². The van der Waals surface area contributed by atoms with E-state index in [-0.39, 0.29) is 34.8 Å². The minimum absolute atomic E-state index is 0.0568. The second kappa shape index (κ2) is 6.06. The number of Topliss-reactive ketones (excluding diaryl/α,β-unsaturated/α-hetero) is 1. The van der Waals surface area contributed by atoms with Gasteiger partial charge in [0.25, 0.3) is 0 Å². The Bertz CT molecular complexity index is 902. The lowest BCUT2D eigenvalue weighted by molar-refractivity contribution is -0.0950. The molecule has 126 valence electrons. The second-order valence-corrected chi connectivity index (χ2v) is 5.60. The number of nitriles is 1. The normalized spacial score (nSPS) is 19.9. The van der Waals surface area contributed by atoms with Crippen molar-refractivity contribution in [1.82, 2.24) is 5.32 Å². The molecule has 1 aromatic carbocycles. The van der Waals surface area contributed by atoms with E-state index in [2.05, 4.69) is 5.32 Å². The molecule has 1 aromatic rings. The monoisotopic (exact) mass is 344 g/mol. The fraction of sp³-hybridized carbons (Fsp3) is 0.167. The van der Waals surface area contributed by atoms with Gasteiger partial charge >= 0.3 is 6.18 Å². The van der Waals surface area contributed by atoms with Gasteiger partial charge in [0.15, 0.2) is 11.6 Å². The molecule has 0 spiro atoms. The number of nitrogens with one attached hydrogen (secondary N) is 1. The lowest BCUT2D eigenvalue weighted by atomic mass is 9.87. The van der Waals surface area contributed by atoms with E-state index in [0.717, 1.165) is 6.08 Å². The van der Waals surface area contributed by atoms with E-state index in [0.29, 0.717) is 5.56 Å². The molecule has 3 rings (SSSR count). The molecule has 0 amide bonds. The van der Waals surface area contributed by atoms with E-state index in [1.54, 1.807) is 24.3 Å². The number of nitrogens with zero attached hydrogens (tertiary/aromatic N) is 1. The molecule has 1 unspecified atom stereocenters. The first kappa shape index (κ1) is 16.7. The highest BCUT2D eigenvalue weighted by Crippen LogP contribution is 2.32. The first-order chi connectivity index (χ1) is 11.8. The van der Waals surface area contributed by atoms with Crippen molar-refractivity contribution >= 4 is 11.6 Å². The summed E-state index contributed by atoms with van der Waals surface area (Å²) >= 11 is 0. The molecule has 0 bridgehead atoms. The van der Waals surface area contributed by atoms with Crippen LogP contribution in [0.4, 0.5) is 13.2 Å². The number of alkyl halides is 3. The Kier molecular flexibility index (Phi) is 4.05. The molecular formula is C18H11F3N2O2. The summed E-state index contributed by atoms with van der Waals surface area (Å²) in [5.74, 6) is -0.679. The molecule has 0 fully saturated rings. The molecule has 0 radical (unpaired) electrons. The third-order valence-electron chi connectivity index (χ3n) is 3.98. The minimum Gasteiger partial charge on any atom is -0.369 e. The number of rotatable bonds is 2. The summed E-state index contributed by atoms with van der Waals surface area (Å²) in [5, 5.41) is 11.4. The number of halogens is 3. The van der Waals surface area contributed by atoms with Crippen LogP contribution in [0.1, 0.15) is 27.1 Å². The van der Waals surface area contributed by atoms with Crippen molar-refractivity contribution in [3.05, 3.63) is 70.5 Å². The van der Waals surface area contributed by atoms with Gasteiger partial charge in [0.1, 0.15) is 6.04 Å². The molecule has 1 atom stereocenters. The van der Waals surface area contributed by atoms with Gasteiger partial charge in [0, 0.05) is 28.8 Å². The van der Waals surface area contributed by atoms with E-state index >= 15 is 0 Å². The summed E-state index contributed by atoms with van der Waals surface area (Å²) in [7, 11) is 0. The first-order valence-electron chi connectivity index (χ1n) is 7.34. The van der Waals surface area contributed by atoms with Gasteiger partial charge in [0.2, 0.25) is 0 Å². The van der Waals surface area contributed by atoms with Gasteiger partial charge in [-0.1, -0.05) is 24.3 Å². The number of allylic oxidation sites excluding steroid dienone is 4. The molecule has 0 saturated heterocycles. The molecule has 7 heteroatoms. The molecule has 2 aliphatic rings. The molecule has 1 aliphatic heterocycles. The van der Waals surface area contributed by atoms with Gasteiger partial charge in [-0.25, -0.2) is 0 Å². The number of benzene rings is 1. The van der Waals surface area contributed by atoms with Crippen molar-refractivity contribution in [2.75, 3.05) is 0 Å². The molecule has 1 N–H and O–H groups in total. The SMILES string of the molecule is N#CC1NC(CC2=CC(=O)c3ccccc3C2=O)=CC=C1C(F)(F)F. The average molecular weight is 344 g/mol. The Morgan fingerprint density at radius 3 is 2.44 bits per heavy atom. The topological polar surface area (TPSA) is 70.0 Å². The summed E-state index contributed by atoms with van der Waals surface area (Å²) in [5.41, 5.74) is 0.0132. The van der Waals surface area contributed by atoms with Crippen molar-refractivity contribution in [1.29, 1.82) is 5.26 Å². The zero-order valence-corrected chi connectivity index (χ0v) is 12.7. The van der Waals surface area contributed by atoms with Crippen LogP contribution < -0.4 is 5.32 Å². The number of dihydropyridines is 1. The van der Waals surface area contributed by atoms with Crippen LogP contribution in [0.15, 0.2) is 59.3 Å². The summed E-state index contributed by atoms with van der Waals surface area (Å²) in [6.07, 6.45) is -1.49. The van der Waals surface area contributed by atoms with Crippen LogP contribution in [0.5, 0.6) is 0 Å². The van der Waals surface area contributed by atoms with Gasteiger partial charge < -0.3 is 5.32 Å². The Morgan fingerprint density at radius 1 is 1.12 bits per heavy atom. The van der Waals surface area contributed by atoms with Gasteiger partial charge in [-0.2, -0.15) is 18.4 Å². The first-order valence-corrected chi connectivity index (χ1v) is 7.34. The van der Waals surface area contributed by atoms with Crippen molar-refractivity contribution in [3.63, 3.8) is 0 Å². The highest BCUT2D eigenvalue weighted by molar-refractivity contribution is 6.24. The van der Waals surface area contributed by atoms with Crippen molar-refractivity contribution in [2.45, 2.75) is 18.6 Å². The number of hydrogen-bond acceptors (Lipinski definition) is 4. The highest BCUT2D eigenvalue weighted by atomic mass is 19.4. The minimum atomic E-state index is -4.62. The molecule has 25 heavy (non-hydrogen) atoms. The third-order valence-corrected chi connectivity index (χ3v) is 3.98. The second-order valence-electron chi connectivity index (χ2n) is 5.60. The summed E-state index contributed by atoms with van der Waals surface area (Å²) in [6.45, 7) is 0. The van der Waals surface area contributed by atoms with Gasteiger partial charge in [-0.05, 0) is 18.2 Å². The largest absolute Gasteiger partial charge is 0.415 e. The zero-order chi connectivity index (χ0) is 18.2. The molecule has 4 nitrogen and oxygen atoms in total. The van der Waals surface area contributed by atoms with Gasteiger partial charge in [0.05, 0.1) is 11.6 Å². The molecule has 1 heterocycles. The van der Waals surface area contributed by atoms with E-state index < -0.39 is 17.8 Å². The number of carbonyl (C=O) groups excluding carboxylic acids is 2. The third kappa shape index (κ3) is 3.11. The molecule has 0 aromatic heterocycles. The van der Waals surface area contributed by atoms with Crippen LogP contribution in [0, 0.1) is 11.3 Å². The van der Waals surface area contributed by atoms with Crippen LogP contribution in [0.25, 0.3) is 0 Å². The molecular weight excluding hydrogens is 333 g/mol. The van der Waals surface area contributed by atoms with E-state index in [9.17, 15) is 22.8 Å².